The first-order valence-corrected chi connectivity index (χ1v) is 4.82. The number of fused-ring (bicyclic) bond motifs is 1. The van der Waals surface area contributed by atoms with Crippen LogP contribution in [-0.2, 0) is 0 Å². The summed E-state index contributed by atoms with van der Waals surface area (Å²) in [4.78, 5) is 0. The van der Waals surface area contributed by atoms with Crippen molar-refractivity contribution >= 4 is 26.7 Å². The van der Waals surface area contributed by atoms with Crippen LogP contribution in [0.15, 0.2) is 34.8 Å². The average molecular weight is 239 g/mol. The van der Waals surface area contributed by atoms with Gasteiger partial charge in [-0.3, -0.25) is 0 Å². The fraction of sp³-hybridized carbons (Fsp3) is 0.0909. The first kappa shape index (κ1) is 8.70. The first-order chi connectivity index (χ1) is 6.18. The molecule has 0 aliphatic rings. The largest absolute Gasteiger partial charge is 0.205 e. The molecule has 0 bridgehead atoms. The van der Waals surface area contributed by atoms with E-state index < -0.39 is 0 Å². The molecule has 0 saturated heterocycles. The van der Waals surface area contributed by atoms with Gasteiger partial charge in [-0.15, -0.1) is 0 Å². The minimum absolute atomic E-state index is 0.183. The van der Waals surface area contributed by atoms with Crippen LogP contribution in [0.5, 0.6) is 0 Å². The monoisotopic (exact) mass is 238 g/mol. The Balaban J connectivity index is 2.87. The number of halogens is 2. The summed E-state index contributed by atoms with van der Waals surface area (Å²) in [5.74, 6) is -0.183. The van der Waals surface area contributed by atoms with Gasteiger partial charge in [-0.25, -0.2) is 4.39 Å². The maximum atomic E-state index is 13.5. The molecule has 0 N–H and O–H groups in total. The summed E-state index contributed by atoms with van der Waals surface area (Å²) in [5, 5.41) is 1.61. The van der Waals surface area contributed by atoms with E-state index in [1.807, 2.05) is 31.2 Å². The molecular weight excluding hydrogens is 231 g/mol. The van der Waals surface area contributed by atoms with Gasteiger partial charge in [0.15, 0.2) is 0 Å². The van der Waals surface area contributed by atoms with Crippen molar-refractivity contribution < 1.29 is 4.39 Å². The lowest BCUT2D eigenvalue weighted by atomic mass is 10.1. The molecule has 0 spiro atoms. The predicted molar refractivity (Wildman–Crippen MR) is 56.3 cm³/mol. The van der Waals surface area contributed by atoms with Gasteiger partial charge in [-0.05, 0) is 34.3 Å². The van der Waals surface area contributed by atoms with E-state index in [0.29, 0.717) is 9.86 Å². The highest BCUT2D eigenvalue weighted by Gasteiger charge is 2.03. The van der Waals surface area contributed by atoms with Gasteiger partial charge in [0.2, 0.25) is 0 Å². The summed E-state index contributed by atoms with van der Waals surface area (Å²) < 4.78 is 14.0. The van der Waals surface area contributed by atoms with Crippen molar-refractivity contribution in [1.82, 2.24) is 0 Å². The molecule has 0 aliphatic heterocycles. The molecule has 2 heteroatoms. The summed E-state index contributed by atoms with van der Waals surface area (Å²) in [7, 11) is 0. The molecule has 0 heterocycles. The lowest BCUT2D eigenvalue weighted by Gasteiger charge is -2.02. The second-order valence-electron chi connectivity index (χ2n) is 3.09. The smallest absolute Gasteiger partial charge is 0.145 e. The standard InChI is InChI=1S/C11H8BrF/c1-7-2-4-9-8(6-7)3-5-10(12)11(9)13/h2-6H,1H3. The predicted octanol–water partition coefficient (Wildman–Crippen LogP) is 4.05. The van der Waals surface area contributed by atoms with Crippen molar-refractivity contribution in [3.05, 3.63) is 46.2 Å². The van der Waals surface area contributed by atoms with Gasteiger partial charge < -0.3 is 0 Å². The molecule has 0 saturated carbocycles. The van der Waals surface area contributed by atoms with E-state index in [4.69, 9.17) is 0 Å². The lowest BCUT2D eigenvalue weighted by molar-refractivity contribution is 0.633. The van der Waals surface area contributed by atoms with Gasteiger partial charge >= 0.3 is 0 Å². The molecule has 2 aromatic rings. The van der Waals surface area contributed by atoms with Crippen LogP contribution >= 0.6 is 15.9 Å². The van der Waals surface area contributed by atoms with Crippen LogP contribution in [0.4, 0.5) is 4.39 Å². The quantitative estimate of drug-likeness (QED) is 0.650. The van der Waals surface area contributed by atoms with Gasteiger partial charge in [0.05, 0.1) is 4.47 Å². The molecule has 0 nitrogen and oxygen atoms in total. The van der Waals surface area contributed by atoms with Crippen molar-refractivity contribution in [3.63, 3.8) is 0 Å². The second kappa shape index (κ2) is 3.11. The SMILES string of the molecule is Cc1ccc2c(F)c(Br)ccc2c1. The summed E-state index contributed by atoms with van der Waals surface area (Å²) in [6, 6.07) is 9.35. The zero-order chi connectivity index (χ0) is 9.42. The third-order valence-corrected chi connectivity index (χ3v) is 2.67. The molecule has 0 amide bonds. The third-order valence-electron chi connectivity index (χ3n) is 2.06. The van der Waals surface area contributed by atoms with Crippen LogP contribution in [0.1, 0.15) is 5.56 Å². The van der Waals surface area contributed by atoms with E-state index in [2.05, 4.69) is 15.9 Å². The summed E-state index contributed by atoms with van der Waals surface area (Å²) in [6.45, 7) is 2.00. The molecule has 0 fully saturated rings. The fourth-order valence-electron chi connectivity index (χ4n) is 1.38. The highest BCUT2D eigenvalue weighted by molar-refractivity contribution is 9.10. The van der Waals surface area contributed by atoms with Crippen molar-refractivity contribution in [2.45, 2.75) is 6.92 Å². The maximum absolute atomic E-state index is 13.5. The Labute approximate surface area is 84.5 Å². The van der Waals surface area contributed by atoms with Crippen molar-refractivity contribution in [1.29, 1.82) is 0 Å². The molecule has 0 unspecified atom stereocenters. The third kappa shape index (κ3) is 1.46. The zero-order valence-corrected chi connectivity index (χ0v) is 8.73. The molecule has 66 valence electrons. The number of rotatable bonds is 0. The van der Waals surface area contributed by atoms with E-state index in [-0.39, 0.29) is 5.82 Å². The van der Waals surface area contributed by atoms with E-state index in [1.165, 1.54) is 0 Å². The van der Waals surface area contributed by atoms with Crippen LogP contribution in [-0.4, -0.2) is 0 Å². The Morgan fingerprint density at radius 2 is 1.92 bits per heavy atom. The normalized spacial score (nSPS) is 10.7. The minimum Gasteiger partial charge on any atom is -0.205 e. The number of hydrogen-bond donors (Lipinski definition) is 0. The summed E-state index contributed by atoms with van der Waals surface area (Å²) in [5.41, 5.74) is 1.15. The van der Waals surface area contributed by atoms with E-state index in [9.17, 15) is 4.39 Å². The Hall–Kier alpha value is -0.890. The Kier molecular flexibility index (Phi) is 2.08. The molecule has 2 aromatic carbocycles. The second-order valence-corrected chi connectivity index (χ2v) is 3.94. The van der Waals surface area contributed by atoms with Crippen LogP contribution < -0.4 is 0 Å². The van der Waals surface area contributed by atoms with Crippen LogP contribution in [0, 0.1) is 12.7 Å². The molecule has 13 heavy (non-hydrogen) atoms. The van der Waals surface area contributed by atoms with Gasteiger partial charge in [0, 0.05) is 5.39 Å². The average Bonchev–Trinajstić information content (AvgIpc) is 2.12. The van der Waals surface area contributed by atoms with Gasteiger partial charge in [0.25, 0.3) is 0 Å². The Bertz CT molecular complexity index is 463. The van der Waals surface area contributed by atoms with E-state index >= 15 is 0 Å². The van der Waals surface area contributed by atoms with Crippen LogP contribution in [0.2, 0.25) is 0 Å². The van der Waals surface area contributed by atoms with Gasteiger partial charge in [-0.1, -0.05) is 29.8 Å². The van der Waals surface area contributed by atoms with E-state index in [0.717, 1.165) is 10.9 Å². The summed E-state index contributed by atoms with van der Waals surface area (Å²) in [6.07, 6.45) is 0. The Morgan fingerprint density at radius 1 is 1.15 bits per heavy atom. The van der Waals surface area contributed by atoms with Crippen LogP contribution in [0.3, 0.4) is 0 Å². The number of aryl methyl sites for hydroxylation is 1. The zero-order valence-electron chi connectivity index (χ0n) is 7.14. The van der Waals surface area contributed by atoms with Gasteiger partial charge in [-0.2, -0.15) is 0 Å². The minimum atomic E-state index is -0.183. The molecule has 0 aromatic heterocycles. The molecule has 0 radical (unpaired) electrons. The molecule has 2 rings (SSSR count). The lowest BCUT2D eigenvalue weighted by Crippen LogP contribution is -1.82. The fourth-order valence-corrected chi connectivity index (χ4v) is 1.73. The topological polar surface area (TPSA) is 0 Å². The molecule has 0 atom stereocenters. The number of hydrogen-bond acceptors (Lipinski definition) is 0. The highest BCUT2D eigenvalue weighted by atomic mass is 79.9. The van der Waals surface area contributed by atoms with Crippen molar-refractivity contribution in [2.24, 2.45) is 0 Å². The highest BCUT2D eigenvalue weighted by Crippen LogP contribution is 2.25. The van der Waals surface area contributed by atoms with E-state index in [1.54, 1.807) is 6.07 Å². The summed E-state index contributed by atoms with van der Waals surface area (Å²) >= 11 is 3.16. The molecule has 0 aliphatic carbocycles. The number of benzene rings is 2. The van der Waals surface area contributed by atoms with Crippen molar-refractivity contribution in [2.75, 3.05) is 0 Å². The van der Waals surface area contributed by atoms with Crippen molar-refractivity contribution in [3.8, 4) is 0 Å². The molecular formula is C11H8BrF. The van der Waals surface area contributed by atoms with Crippen LogP contribution in [0.25, 0.3) is 10.8 Å². The Morgan fingerprint density at radius 3 is 2.69 bits per heavy atom. The first-order valence-electron chi connectivity index (χ1n) is 4.03. The van der Waals surface area contributed by atoms with Gasteiger partial charge in [0.1, 0.15) is 5.82 Å². The maximum Gasteiger partial charge on any atom is 0.145 e.